The van der Waals surface area contributed by atoms with Crippen LogP contribution in [0.2, 0.25) is 0 Å². The topological polar surface area (TPSA) is 84.4 Å². The number of piperidine rings is 1. The van der Waals surface area contributed by atoms with E-state index in [-0.39, 0.29) is 5.91 Å². The first kappa shape index (κ1) is 11.9. The molecular weight excluding hydrogens is 220 g/mol. The minimum atomic E-state index is -0.655. The van der Waals surface area contributed by atoms with Gasteiger partial charge in [0.2, 0.25) is 0 Å². The molecule has 0 atom stereocenters. The van der Waals surface area contributed by atoms with Crippen LogP contribution in [0.5, 0.6) is 0 Å². The van der Waals surface area contributed by atoms with Crippen molar-refractivity contribution in [2.45, 2.75) is 25.4 Å². The second-order valence-electron chi connectivity index (χ2n) is 4.86. The van der Waals surface area contributed by atoms with Crippen molar-refractivity contribution < 1.29 is 9.90 Å². The molecule has 1 saturated heterocycles. The third-order valence-corrected chi connectivity index (χ3v) is 3.34. The zero-order valence-electron chi connectivity index (χ0n) is 10.2. The summed E-state index contributed by atoms with van der Waals surface area (Å²) in [4.78, 5) is 13.9. The van der Waals surface area contributed by atoms with Crippen LogP contribution >= 0.6 is 0 Å². The van der Waals surface area contributed by atoms with E-state index in [2.05, 4.69) is 5.10 Å². The summed E-state index contributed by atoms with van der Waals surface area (Å²) in [7, 11) is 1.70. The van der Waals surface area contributed by atoms with Crippen molar-refractivity contribution in [1.82, 2.24) is 14.7 Å². The van der Waals surface area contributed by atoms with Gasteiger partial charge in [-0.2, -0.15) is 5.10 Å². The van der Waals surface area contributed by atoms with E-state index in [4.69, 9.17) is 5.73 Å². The third kappa shape index (κ3) is 2.26. The zero-order valence-corrected chi connectivity index (χ0v) is 10.2. The second kappa shape index (κ2) is 4.03. The summed E-state index contributed by atoms with van der Waals surface area (Å²) in [6.07, 6.45) is 2.68. The lowest BCUT2D eigenvalue weighted by Crippen LogP contribution is -2.45. The molecule has 0 unspecified atom stereocenters. The number of anilines is 1. The number of aliphatic hydroxyl groups is 1. The summed E-state index contributed by atoms with van der Waals surface area (Å²) in [5.74, 6) is 0.276. The minimum absolute atomic E-state index is 0.105. The molecule has 0 saturated carbocycles. The Morgan fingerprint density at radius 2 is 2.12 bits per heavy atom. The molecule has 1 aromatic rings. The second-order valence-corrected chi connectivity index (χ2v) is 4.86. The van der Waals surface area contributed by atoms with Crippen LogP contribution in [0.3, 0.4) is 0 Å². The van der Waals surface area contributed by atoms with Crippen LogP contribution in [-0.4, -0.2) is 44.4 Å². The number of likely N-dealkylation sites (tertiary alicyclic amines) is 1. The molecule has 2 heterocycles. The highest BCUT2D eigenvalue weighted by Crippen LogP contribution is 2.23. The third-order valence-electron chi connectivity index (χ3n) is 3.34. The van der Waals surface area contributed by atoms with Crippen LogP contribution in [0.25, 0.3) is 0 Å². The van der Waals surface area contributed by atoms with E-state index in [0.717, 1.165) is 0 Å². The van der Waals surface area contributed by atoms with E-state index in [1.165, 1.54) is 10.9 Å². The summed E-state index contributed by atoms with van der Waals surface area (Å²) in [5.41, 5.74) is 5.55. The predicted molar refractivity (Wildman–Crippen MR) is 63.4 cm³/mol. The molecule has 0 spiro atoms. The van der Waals surface area contributed by atoms with Gasteiger partial charge in [-0.3, -0.25) is 9.48 Å². The fraction of sp³-hybridized carbons (Fsp3) is 0.636. The van der Waals surface area contributed by atoms with Gasteiger partial charge in [-0.1, -0.05) is 0 Å². The van der Waals surface area contributed by atoms with E-state index >= 15 is 0 Å². The van der Waals surface area contributed by atoms with Gasteiger partial charge in [0, 0.05) is 20.1 Å². The van der Waals surface area contributed by atoms with Gasteiger partial charge in [0.05, 0.1) is 11.8 Å². The number of aryl methyl sites for hydroxylation is 1. The van der Waals surface area contributed by atoms with Crippen LogP contribution in [0.4, 0.5) is 5.82 Å². The molecule has 1 aliphatic rings. The van der Waals surface area contributed by atoms with Crippen molar-refractivity contribution in [3.8, 4) is 0 Å². The number of carbonyl (C=O) groups excluding carboxylic acids is 1. The molecule has 1 aromatic heterocycles. The Labute approximate surface area is 100 Å². The van der Waals surface area contributed by atoms with Gasteiger partial charge in [-0.05, 0) is 19.8 Å². The maximum absolute atomic E-state index is 12.2. The van der Waals surface area contributed by atoms with Crippen molar-refractivity contribution in [3.63, 3.8) is 0 Å². The Kier molecular flexibility index (Phi) is 2.82. The van der Waals surface area contributed by atoms with Crippen molar-refractivity contribution in [3.05, 3.63) is 11.8 Å². The smallest absolute Gasteiger partial charge is 0.259 e. The van der Waals surface area contributed by atoms with E-state index in [9.17, 15) is 9.90 Å². The number of nitrogen functional groups attached to an aromatic ring is 1. The van der Waals surface area contributed by atoms with Gasteiger partial charge in [-0.15, -0.1) is 0 Å². The number of amides is 1. The SMILES string of the molecule is Cn1ncc(C(=O)N2CCC(C)(O)CC2)c1N. The molecule has 17 heavy (non-hydrogen) atoms. The molecule has 1 aliphatic heterocycles. The van der Waals surface area contributed by atoms with Gasteiger partial charge in [-0.25, -0.2) is 0 Å². The first-order valence-corrected chi connectivity index (χ1v) is 5.70. The normalized spacial score (nSPS) is 19.4. The van der Waals surface area contributed by atoms with Crippen LogP contribution < -0.4 is 5.73 Å². The maximum atomic E-state index is 12.2. The van der Waals surface area contributed by atoms with Crippen molar-refractivity contribution in [2.24, 2.45) is 7.05 Å². The van der Waals surface area contributed by atoms with Crippen molar-refractivity contribution in [1.29, 1.82) is 0 Å². The quantitative estimate of drug-likeness (QED) is 0.720. The largest absolute Gasteiger partial charge is 0.390 e. The highest BCUT2D eigenvalue weighted by molar-refractivity contribution is 5.98. The molecule has 94 valence electrons. The Morgan fingerprint density at radius 3 is 2.59 bits per heavy atom. The number of aromatic nitrogens is 2. The van der Waals surface area contributed by atoms with E-state index in [1.54, 1.807) is 18.9 Å². The average Bonchev–Trinajstić information content (AvgIpc) is 2.59. The van der Waals surface area contributed by atoms with Gasteiger partial charge < -0.3 is 15.7 Å². The summed E-state index contributed by atoms with van der Waals surface area (Å²) >= 11 is 0. The van der Waals surface area contributed by atoms with Gasteiger partial charge in [0.25, 0.3) is 5.91 Å². The monoisotopic (exact) mass is 238 g/mol. The lowest BCUT2D eigenvalue weighted by Gasteiger charge is -2.35. The number of carbonyl (C=O) groups is 1. The van der Waals surface area contributed by atoms with Crippen LogP contribution in [0, 0.1) is 0 Å². The fourth-order valence-electron chi connectivity index (χ4n) is 1.97. The van der Waals surface area contributed by atoms with Gasteiger partial charge in [0.15, 0.2) is 0 Å². The molecule has 2 rings (SSSR count). The standard InChI is InChI=1S/C11H18N4O2/c1-11(17)3-5-15(6-4-11)10(16)8-7-13-14(2)9(8)12/h7,17H,3-6,12H2,1-2H3. The number of rotatable bonds is 1. The molecule has 0 radical (unpaired) electrons. The first-order valence-electron chi connectivity index (χ1n) is 5.70. The van der Waals surface area contributed by atoms with Crippen molar-refractivity contribution in [2.75, 3.05) is 18.8 Å². The summed E-state index contributed by atoms with van der Waals surface area (Å²) in [6, 6.07) is 0. The fourth-order valence-corrected chi connectivity index (χ4v) is 1.97. The molecule has 1 amide bonds. The van der Waals surface area contributed by atoms with Crippen LogP contribution in [-0.2, 0) is 7.05 Å². The summed E-state index contributed by atoms with van der Waals surface area (Å²) in [5, 5.41) is 13.8. The minimum Gasteiger partial charge on any atom is -0.390 e. The Hall–Kier alpha value is -1.56. The molecule has 6 nitrogen and oxygen atoms in total. The molecule has 6 heteroatoms. The molecule has 1 fully saturated rings. The molecular formula is C11H18N4O2. The molecule has 0 aromatic carbocycles. The number of nitrogens with zero attached hydrogens (tertiary/aromatic N) is 3. The molecule has 0 bridgehead atoms. The summed E-state index contributed by atoms with van der Waals surface area (Å²) < 4.78 is 1.48. The maximum Gasteiger partial charge on any atom is 0.259 e. The lowest BCUT2D eigenvalue weighted by molar-refractivity contribution is -0.00199. The van der Waals surface area contributed by atoms with E-state index in [1.807, 2.05) is 0 Å². The van der Waals surface area contributed by atoms with Gasteiger partial charge in [0.1, 0.15) is 11.4 Å². The zero-order chi connectivity index (χ0) is 12.6. The number of hydrogen-bond donors (Lipinski definition) is 2. The van der Waals surface area contributed by atoms with E-state index in [0.29, 0.717) is 37.3 Å². The summed E-state index contributed by atoms with van der Waals surface area (Å²) in [6.45, 7) is 2.91. The Balaban J connectivity index is 2.10. The van der Waals surface area contributed by atoms with Crippen LogP contribution in [0.1, 0.15) is 30.1 Å². The molecule has 3 N–H and O–H groups in total. The average molecular weight is 238 g/mol. The number of nitrogens with two attached hydrogens (primary N) is 1. The highest BCUT2D eigenvalue weighted by Gasteiger charge is 2.31. The predicted octanol–water partition coefficient (Wildman–Crippen LogP) is -0.0107. The van der Waals surface area contributed by atoms with Gasteiger partial charge >= 0.3 is 0 Å². The number of hydrogen-bond acceptors (Lipinski definition) is 4. The first-order chi connectivity index (χ1) is 7.91. The van der Waals surface area contributed by atoms with E-state index < -0.39 is 5.60 Å². The Morgan fingerprint density at radius 1 is 1.53 bits per heavy atom. The molecule has 0 aliphatic carbocycles. The highest BCUT2D eigenvalue weighted by atomic mass is 16.3. The lowest BCUT2D eigenvalue weighted by atomic mass is 9.93. The van der Waals surface area contributed by atoms with Crippen molar-refractivity contribution >= 4 is 11.7 Å². The Bertz CT molecular complexity index is 429. The van der Waals surface area contributed by atoms with Crippen LogP contribution in [0.15, 0.2) is 6.20 Å².